The molecule has 0 spiro atoms. The number of rotatable bonds is 4. The third-order valence-electron chi connectivity index (χ3n) is 4.96. The van der Waals surface area contributed by atoms with Crippen molar-refractivity contribution in [1.82, 2.24) is 24.3 Å². The van der Waals surface area contributed by atoms with Crippen LogP contribution in [-0.2, 0) is 12.7 Å². The molecule has 33 heavy (non-hydrogen) atoms. The fourth-order valence-electron chi connectivity index (χ4n) is 3.38. The Kier molecular flexibility index (Phi) is 5.01. The first-order valence-corrected chi connectivity index (χ1v) is 9.99. The predicted molar refractivity (Wildman–Crippen MR) is 114 cm³/mol. The van der Waals surface area contributed by atoms with E-state index < -0.39 is 17.3 Å². The Hall–Kier alpha value is -3.92. The Balaban J connectivity index is 1.48. The van der Waals surface area contributed by atoms with Crippen LogP contribution in [-0.4, -0.2) is 24.3 Å². The van der Waals surface area contributed by atoms with Crippen molar-refractivity contribution in [3.8, 4) is 17.1 Å². The third-order valence-corrected chi connectivity index (χ3v) is 5.29. The molecule has 166 valence electrons. The van der Waals surface area contributed by atoms with Gasteiger partial charge >= 0.3 is 6.18 Å². The van der Waals surface area contributed by atoms with Crippen molar-refractivity contribution in [3.05, 3.63) is 94.0 Å². The SMILES string of the molecule is O=c1c2cnn(-c3cccc(C(F)(F)F)c3)c2ncn1Cc1coc(-c2ccccc2Cl)n1. The monoisotopic (exact) mass is 471 g/mol. The molecule has 0 saturated carbocycles. The Morgan fingerprint density at radius 3 is 2.70 bits per heavy atom. The highest BCUT2D eigenvalue weighted by atomic mass is 35.5. The molecule has 0 N–H and O–H groups in total. The highest BCUT2D eigenvalue weighted by Gasteiger charge is 2.30. The lowest BCUT2D eigenvalue weighted by Crippen LogP contribution is -2.21. The molecule has 5 aromatic rings. The number of halogens is 4. The van der Waals surface area contributed by atoms with E-state index in [2.05, 4.69) is 15.1 Å². The summed E-state index contributed by atoms with van der Waals surface area (Å²) in [6.07, 6.45) is -0.513. The Morgan fingerprint density at radius 1 is 1.09 bits per heavy atom. The Labute approximate surface area is 188 Å². The molecule has 0 aliphatic heterocycles. The van der Waals surface area contributed by atoms with Crippen LogP contribution in [0.4, 0.5) is 13.2 Å². The number of alkyl halides is 3. The van der Waals surface area contributed by atoms with E-state index in [1.807, 2.05) is 0 Å². The van der Waals surface area contributed by atoms with Gasteiger partial charge in [-0.25, -0.2) is 14.6 Å². The average Bonchev–Trinajstić information content (AvgIpc) is 3.43. The summed E-state index contributed by atoms with van der Waals surface area (Å²) in [7, 11) is 0. The number of benzene rings is 2. The summed E-state index contributed by atoms with van der Waals surface area (Å²) in [6.45, 7) is 0.0739. The molecule has 2 aromatic carbocycles. The molecule has 0 radical (unpaired) electrons. The molecule has 5 rings (SSSR count). The van der Waals surface area contributed by atoms with Crippen LogP contribution in [0.2, 0.25) is 5.02 Å². The minimum Gasteiger partial charge on any atom is -0.444 e. The van der Waals surface area contributed by atoms with Gasteiger partial charge in [0.05, 0.1) is 40.3 Å². The van der Waals surface area contributed by atoms with Gasteiger partial charge < -0.3 is 4.42 Å². The van der Waals surface area contributed by atoms with Crippen LogP contribution < -0.4 is 5.56 Å². The maximum absolute atomic E-state index is 13.1. The van der Waals surface area contributed by atoms with Gasteiger partial charge in [-0.05, 0) is 30.3 Å². The van der Waals surface area contributed by atoms with Gasteiger partial charge in [-0.3, -0.25) is 9.36 Å². The van der Waals surface area contributed by atoms with Crippen molar-refractivity contribution in [2.45, 2.75) is 12.7 Å². The van der Waals surface area contributed by atoms with Crippen LogP contribution in [0.25, 0.3) is 28.2 Å². The zero-order valence-corrected chi connectivity index (χ0v) is 17.4. The number of aromatic nitrogens is 5. The van der Waals surface area contributed by atoms with Crippen molar-refractivity contribution in [3.63, 3.8) is 0 Å². The number of hydrogen-bond donors (Lipinski definition) is 0. The molecule has 0 fully saturated rings. The second kappa shape index (κ2) is 7.89. The van der Waals surface area contributed by atoms with Crippen molar-refractivity contribution >= 4 is 22.6 Å². The molecule has 0 aliphatic rings. The fraction of sp³-hybridized carbons (Fsp3) is 0.0909. The molecule has 11 heteroatoms. The molecule has 7 nitrogen and oxygen atoms in total. The van der Waals surface area contributed by atoms with E-state index in [1.165, 1.54) is 40.2 Å². The summed E-state index contributed by atoms with van der Waals surface area (Å²) < 4.78 is 47.2. The van der Waals surface area contributed by atoms with Crippen LogP contribution in [0.5, 0.6) is 0 Å². The third kappa shape index (κ3) is 3.89. The van der Waals surface area contributed by atoms with Gasteiger partial charge in [0.1, 0.15) is 18.0 Å². The quantitative estimate of drug-likeness (QED) is 0.370. The molecule has 3 aromatic heterocycles. The topological polar surface area (TPSA) is 78.7 Å². The van der Waals surface area contributed by atoms with Gasteiger partial charge in [0.15, 0.2) is 5.65 Å². The van der Waals surface area contributed by atoms with E-state index in [0.29, 0.717) is 22.2 Å². The lowest BCUT2D eigenvalue weighted by molar-refractivity contribution is -0.137. The molecule has 0 amide bonds. The van der Waals surface area contributed by atoms with Crippen LogP contribution >= 0.6 is 11.6 Å². The number of hydrogen-bond acceptors (Lipinski definition) is 5. The normalized spacial score (nSPS) is 11.9. The molecular weight excluding hydrogens is 459 g/mol. The number of fused-ring (bicyclic) bond motifs is 1. The summed E-state index contributed by atoms with van der Waals surface area (Å²) in [5.74, 6) is 0.315. The molecule has 3 heterocycles. The van der Waals surface area contributed by atoms with Crippen molar-refractivity contribution in [2.75, 3.05) is 0 Å². The van der Waals surface area contributed by atoms with Gasteiger partial charge in [0.2, 0.25) is 5.89 Å². The first-order chi connectivity index (χ1) is 15.8. The highest BCUT2D eigenvalue weighted by Crippen LogP contribution is 2.30. The summed E-state index contributed by atoms with van der Waals surface area (Å²) in [5, 5.41) is 4.71. The predicted octanol–water partition coefficient (Wildman–Crippen LogP) is 4.96. The van der Waals surface area contributed by atoms with Crippen LogP contribution in [0.1, 0.15) is 11.3 Å². The van der Waals surface area contributed by atoms with E-state index in [0.717, 1.165) is 12.1 Å². The van der Waals surface area contributed by atoms with E-state index in [4.69, 9.17) is 16.0 Å². The largest absolute Gasteiger partial charge is 0.444 e. The fourth-order valence-corrected chi connectivity index (χ4v) is 3.59. The molecule has 0 unspecified atom stereocenters. The van der Waals surface area contributed by atoms with E-state index in [-0.39, 0.29) is 23.3 Å². The first-order valence-electron chi connectivity index (χ1n) is 9.61. The highest BCUT2D eigenvalue weighted by molar-refractivity contribution is 6.33. The lowest BCUT2D eigenvalue weighted by Gasteiger charge is -2.09. The maximum Gasteiger partial charge on any atom is 0.416 e. The molecular formula is C22H13ClF3N5O2. The zero-order valence-electron chi connectivity index (χ0n) is 16.6. The van der Waals surface area contributed by atoms with Gasteiger partial charge in [-0.15, -0.1) is 0 Å². The smallest absolute Gasteiger partial charge is 0.416 e. The summed E-state index contributed by atoms with van der Waals surface area (Å²) in [4.78, 5) is 21.6. The minimum absolute atomic E-state index is 0.0739. The van der Waals surface area contributed by atoms with Crippen LogP contribution in [0, 0.1) is 0 Å². The van der Waals surface area contributed by atoms with Crippen LogP contribution in [0.3, 0.4) is 0 Å². The summed E-state index contributed by atoms with van der Waals surface area (Å²) in [5.41, 5.74) is 0.142. The number of nitrogens with zero attached hydrogens (tertiary/aromatic N) is 5. The Bertz CT molecular complexity index is 1540. The van der Waals surface area contributed by atoms with E-state index >= 15 is 0 Å². The van der Waals surface area contributed by atoms with Gasteiger partial charge in [0.25, 0.3) is 5.56 Å². The lowest BCUT2D eigenvalue weighted by atomic mass is 10.2. The van der Waals surface area contributed by atoms with Crippen molar-refractivity contribution in [2.24, 2.45) is 0 Å². The molecule has 0 aliphatic carbocycles. The average molecular weight is 472 g/mol. The van der Waals surface area contributed by atoms with Crippen molar-refractivity contribution in [1.29, 1.82) is 0 Å². The van der Waals surface area contributed by atoms with Gasteiger partial charge in [-0.2, -0.15) is 18.3 Å². The first kappa shape index (κ1) is 21.0. The van der Waals surface area contributed by atoms with E-state index in [1.54, 1.807) is 24.3 Å². The maximum atomic E-state index is 13.1. The second-order valence-corrected chi connectivity index (χ2v) is 7.55. The zero-order chi connectivity index (χ0) is 23.2. The molecule has 0 atom stereocenters. The minimum atomic E-state index is -4.50. The van der Waals surface area contributed by atoms with E-state index in [9.17, 15) is 18.0 Å². The second-order valence-electron chi connectivity index (χ2n) is 7.14. The molecule has 0 bridgehead atoms. The standard InChI is InChI=1S/C22H13ClF3N5O2/c23-18-7-2-1-6-16(18)20-29-14(11-33-20)10-30-12-27-19-17(21(30)32)9-28-31(19)15-5-3-4-13(8-15)22(24,25)26/h1-9,11-12H,10H2. The van der Waals surface area contributed by atoms with Gasteiger partial charge in [-0.1, -0.05) is 29.8 Å². The summed E-state index contributed by atoms with van der Waals surface area (Å²) in [6, 6.07) is 11.7. The van der Waals surface area contributed by atoms with Crippen LogP contribution in [0.15, 0.2) is 76.5 Å². The Morgan fingerprint density at radius 2 is 1.91 bits per heavy atom. The summed E-state index contributed by atoms with van der Waals surface area (Å²) >= 11 is 6.17. The van der Waals surface area contributed by atoms with Crippen molar-refractivity contribution < 1.29 is 17.6 Å². The molecule has 0 saturated heterocycles. The van der Waals surface area contributed by atoms with Gasteiger partial charge in [0, 0.05) is 0 Å². The number of oxazole rings is 1.